The van der Waals surface area contributed by atoms with Gasteiger partial charge in [-0.05, 0) is 27.2 Å². The lowest BCUT2D eigenvalue weighted by atomic mass is 10.2. The first kappa shape index (κ1) is 11.8. The van der Waals surface area contributed by atoms with E-state index < -0.39 is 0 Å². The van der Waals surface area contributed by atoms with Gasteiger partial charge in [-0.25, -0.2) is 4.98 Å². The molecule has 15 heavy (non-hydrogen) atoms. The van der Waals surface area contributed by atoms with Gasteiger partial charge in [0.15, 0.2) is 0 Å². The number of aryl methyl sites for hydroxylation is 1. The molecule has 1 heterocycles. The maximum Gasteiger partial charge on any atom is 0.224 e. The molecule has 0 aliphatic heterocycles. The summed E-state index contributed by atoms with van der Waals surface area (Å²) < 4.78 is 0. The van der Waals surface area contributed by atoms with E-state index in [2.05, 4.69) is 34.4 Å². The van der Waals surface area contributed by atoms with Gasteiger partial charge in [-0.3, -0.25) is 0 Å². The second-order valence-corrected chi connectivity index (χ2v) is 3.70. The monoisotopic (exact) mass is 208 g/mol. The fourth-order valence-electron chi connectivity index (χ4n) is 1.23. The minimum atomic E-state index is 0.439. The third-order valence-electron chi connectivity index (χ3n) is 2.20. The van der Waals surface area contributed by atoms with Gasteiger partial charge >= 0.3 is 0 Å². The molecule has 0 aliphatic rings. The van der Waals surface area contributed by atoms with Crippen molar-refractivity contribution in [1.82, 2.24) is 9.97 Å². The molecule has 0 amide bonds. The molecule has 0 bridgehead atoms. The van der Waals surface area contributed by atoms with E-state index in [1.54, 1.807) is 0 Å². The van der Waals surface area contributed by atoms with E-state index in [1.165, 1.54) is 0 Å². The third-order valence-corrected chi connectivity index (χ3v) is 2.20. The summed E-state index contributed by atoms with van der Waals surface area (Å²) in [6.07, 6.45) is 1.08. The molecule has 1 atom stereocenters. The van der Waals surface area contributed by atoms with E-state index >= 15 is 0 Å². The van der Waals surface area contributed by atoms with Gasteiger partial charge in [0, 0.05) is 24.3 Å². The van der Waals surface area contributed by atoms with Crippen LogP contribution in [0, 0.1) is 6.92 Å². The molecular weight excluding hydrogens is 188 g/mol. The Kier molecular flexibility index (Phi) is 4.34. The Morgan fingerprint density at radius 2 is 2.07 bits per heavy atom. The standard InChI is InChI=1S/C11H20N4/c1-5-8(3)13-10-7-9(4)14-11(15-10)12-6-2/h7-8H,5-6H2,1-4H3,(H2,12,13,14,15). The third kappa shape index (κ3) is 3.73. The fourth-order valence-corrected chi connectivity index (χ4v) is 1.23. The molecule has 0 saturated heterocycles. The second-order valence-electron chi connectivity index (χ2n) is 3.70. The molecule has 0 aromatic carbocycles. The van der Waals surface area contributed by atoms with Crippen molar-refractivity contribution < 1.29 is 0 Å². The number of nitrogens with one attached hydrogen (secondary N) is 2. The van der Waals surface area contributed by atoms with E-state index in [1.807, 2.05) is 19.9 Å². The number of aromatic nitrogens is 2. The van der Waals surface area contributed by atoms with Crippen molar-refractivity contribution in [2.75, 3.05) is 17.2 Å². The fraction of sp³-hybridized carbons (Fsp3) is 0.636. The van der Waals surface area contributed by atoms with Crippen LogP contribution in [-0.2, 0) is 0 Å². The zero-order valence-corrected chi connectivity index (χ0v) is 9.96. The predicted molar refractivity (Wildman–Crippen MR) is 64.3 cm³/mol. The maximum absolute atomic E-state index is 4.38. The van der Waals surface area contributed by atoms with Crippen molar-refractivity contribution >= 4 is 11.8 Å². The maximum atomic E-state index is 4.38. The van der Waals surface area contributed by atoms with E-state index in [9.17, 15) is 0 Å². The molecule has 4 heteroatoms. The molecule has 0 saturated carbocycles. The van der Waals surface area contributed by atoms with Crippen molar-refractivity contribution in [3.8, 4) is 0 Å². The lowest BCUT2D eigenvalue weighted by Gasteiger charge is -2.13. The highest BCUT2D eigenvalue weighted by Crippen LogP contribution is 2.11. The van der Waals surface area contributed by atoms with Crippen molar-refractivity contribution in [3.63, 3.8) is 0 Å². The van der Waals surface area contributed by atoms with Gasteiger partial charge in [0.25, 0.3) is 0 Å². The van der Waals surface area contributed by atoms with E-state index in [4.69, 9.17) is 0 Å². The SMILES string of the molecule is CCNc1nc(C)cc(NC(C)CC)n1. The molecule has 1 aromatic heterocycles. The Balaban J connectivity index is 2.78. The summed E-state index contributed by atoms with van der Waals surface area (Å²) in [4.78, 5) is 8.67. The first-order chi connectivity index (χ1) is 7.15. The zero-order chi connectivity index (χ0) is 11.3. The first-order valence-corrected chi connectivity index (χ1v) is 5.51. The van der Waals surface area contributed by atoms with Crippen LogP contribution in [0.15, 0.2) is 6.07 Å². The number of hydrogen-bond donors (Lipinski definition) is 2. The largest absolute Gasteiger partial charge is 0.367 e. The van der Waals surface area contributed by atoms with Crippen LogP contribution < -0.4 is 10.6 Å². The average Bonchev–Trinajstić information content (AvgIpc) is 2.17. The molecule has 1 rings (SSSR count). The van der Waals surface area contributed by atoms with Gasteiger partial charge in [-0.1, -0.05) is 6.92 Å². The highest BCUT2D eigenvalue weighted by molar-refractivity contribution is 5.42. The van der Waals surface area contributed by atoms with Gasteiger partial charge in [0.1, 0.15) is 5.82 Å². The highest BCUT2D eigenvalue weighted by atomic mass is 15.1. The topological polar surface area (TPSA) is 49.8 Å². The van der Waals surface area contributed by atoms with Crippen LogP contribution in [0.5, 0.6) is 0 Å². The number of nitrogens with zero attached hydrogens (tertiary/aromatic N) is 2. The lowest BCUT2D eigenvalue weighted by molar-refractivity contribution is 0.758. The number of anilines is 2. The van der Waals surface area contributed by atoms with E-state index in [0.717, 1.165) is 24.5 Å². The van der Waals surface area contributed by atoms with E-state index in [-0.39, 0.29) is 0 Å². The molecule has 84 valence electrons. The minimum absolute atomic E-state index is 0.439. The number of rotatable bonds is 5. The van der Waals surface area contributed by atoms with Crippen molar-refractivity contribution in [2.45, 2.75) is 40.2 Å². The molecule has 1 aromatic rings. The van der Waals surface area contributed by atoms with Crippen LogP contribution in [0.4, 0.5) is 11.8 Å². The Morgan fingerprint density at radius 1 is 1.33 bits per heavy atom. The molecule has 0 spiro atoms. The minimum Gasteiger partial charge on any atom is -0.367 e. The van der Waals surface area contributed by atoms with E-state index in [0.29, 0.717) is 12.0 Å². The second kappa shape index (κ2) is 5.53. The van der Waals surface area contributed by atoms with Crippen LogP contribution >= 0.6 is 0 Å². The Bertz CT molecular complexity index is 311. The van der Waals surface area contributed by atoms with Crippen molar-refractivity contribution in [1.29, 1.82) is 0 Å². The van der Waals surface area contributed by atoms with Crippen LogP contribution in [0.2, 0.25) is 0 Å². The normalized spacial score (nSPS) is 12.3. The molecule has 1 unspecified atom stereocenters. The van der Waals surface area contributed by atoms with Crippen LogP contribution in [0.3, 0.4) is 0 Å². The highest BCUT2D eigenvalue weighted by Gasteiger charge is 2.03. The summed E-state index contributed by atoms with van der Waals surface area (Å²) in [6, 6.07) is 2.40. The molecule has 0 radical (unpaired) electrons. The van der Waals surface area contributed by atoms with Crippen molar-refractivity contribution in [3.05, 3.63) is 11.8 Å². The molecule has 2 N–H and O–H groups in total. The van der Waals surface area contributed by atoms with Crippen LogP contribution in [0.25, 0.3) is 0 Å². The van der Waals surface area contributed by atoms with Crippen LogP contribution in [0.1, 0.15) is 32.9 Å². The smallest absolute Gasteiger partial charge is 0.224 e. The average molecular weight is 208 g/mol. The molecule has 0 fully saturated rings. The summed E-state index contributed by atoms with van der Waals surface area (Å²) >= 11 is 0. The summed E-state index contributed by atoms with van der Waals surface area (Å²) in [5, 5.41) is 6.46. The molecule has 0 aliphatic carbocycles. The van der Waals surface area contributed by atoms with Gasteiger partial charge in [-0.2, -0.15) is 4.98 Å². The Morgan fingerprint density at radius 3 is 2.67 bits per heavy atom. The van der Waals surface area contributed by atoms with Crippen molar-refractivity contribution in [2.24, 2.45) is 0 Å². The summed E-state index contributed by atoms with van der Waals surface area (Å²) in [5.74, 6) is 1.59. The Labute approximate surface area is 91.5 Å². The quantitative estimate of drug-likeness (QED) is 0.780. The Hall–Kier alpha value is -1.32. The van der Waals surface area contributed by atoms with Gasteiger partial charge < -0.3 is 10.6 Å². The summed E-state index contributed by atoms with van der Waals surface area (Å²) in [5.41, 5.74) is 0.978. The molecule has 4 nitrogen and oxygen atoms in total. The van der Waals surface area contributed by atoms with Gasteiger partial charge in [-0.15, -0.1) is 0 Å². The first-order valence-electron chi connectivity index (χ1n) is 5.51. The molecular formula is C11H20N4. The predicted octanol–water partition coefficient (Wildman–Crippen LogP) is 2.43. The van der Waals surface area contributed by atoms with Crippen LogP contribution in [-0.4, -0.2) is 22.6 Å². The van der Waals surface area contributed by atoms with Gasteiger partial charge in [0.05, 0.1) is 0 Å². The summed E-state index contributed by atoms with van der Waals surface area (Å²) in [6.45, 7) is 9.14. The summed E-state index contributed by atoms with van der Waals surface area (Å²) in [7, 11) is 0. The zero-order valence-electron chi connectivity index (χ0n) is 9.96. The lowest BCUT2D eigenvalue weighted by Crippen LogP contribution is -2.15. The van der Waals surface area contributed by atoms with Gasteiger partial charge in [0.2, 0.25) is 5.95 Å². The number of hydrogen-bond acceptors (Lipinski definition) is 4.